The van der Waals surface area contributed by atoms with Gasteiger partial charge in [-0.3, -0.25) is 0 Å². The van der Waals surface area contributed by atoms with Crippen molar-refractivity contribution in [2.45, 2.75) is 19.9 Å². The first-order valence-electron chi connectivity index (χ1n) is 4.95. The van der Waals surface area contributed by atoms with Crippen molar-refractivity contribution in [3.63, 3.8) is 0 Å². The third kappa shape index (κ3) is 1.80. The summed E-state index contributed by atoms with van der Waals surface area (Å²) in [4.78, 5) is 4.06. The van der Waals surface area contributed by atoms with Gasteiger partial charge in [-0.15, -0.1) is 0 Å². The summed E-state index contributed by atoms with van der Waals surface area (Å²) in [6.45, 7) is 3.92. The van der Waals surface area contributed by atoms with Crippen LogP contribution in [0.4, 0.5) is 4.39 Å². The molecular formula is C11H11ClFN3. The van der Waals surface area contributed by atoms with E-state index in [-0.39, 0.29) is 11.1 Å². The van der Waals surface area contributed by atoms with E-state index in [0.717, 1.165) is 0 Å². The molecule has 0 N–H and O–H groups in total. The van der Waals surface area contributed by atoms with Crippen LogP contribution >= 0.6 is 11.6 Å². The smallest absolute Gasteiger partial charge is 0.161 e. The topological polar surface area (TPSA) is 30.7 Å². The molecule has 2 aromatic rings. The van der Waals surface area contributed by atoms with Crippen LogP contribution < -0.4 is 0 Å². The number of hydrogen-bond acceptors (Lipinski definition) is 2. The average Bonchev–Trinajstić information content (AvgIpc) is 2.70. The molecule has 5 heteroatoms. The van der Waals surface area contributed by atoms with E-state index in [0.29, 0.717) is 11.4 Å². The molecule has 0 bridgehead atoms. The average molecular weight is 240 g/mol. The molecular weight excluding hydrogens is 229 g/mol. The highest BCUT2D eigenvalue weighted by Crippen LogP contribution is 2.27. The van der Waals surface area contributed by atoms with Crippen LogP contribution in [0.5, 0.6) is 0 Å². The lowest BCUT2D eigenvalue weighted by Crippen LogP contribution is -2.05. The molecule has 0 amide bonds. The summed E-state index contributed by atoms with van der Waals surface area (Å²) in [5.41, 5.74) is 0.374. The molecule has 0 unspecified atom stereocenters. The Hall–Kier alpha value is -1.42. The Bertz CT molecular complexity index is 508. The Morgan fingerprint density at radius 2 is 2.12 bits per heavy atom. The fraction of sp³-hybridized carbons (Fsp3) is 0.273. The van der Waals surface area contributed by atoms with Gasteiger partial charge in [-0.2, -0.15) is 5.10 Å². The fourth-order valence-corrected chi connectivity index (χ4v) is 1.67. The maximum Gasteiger partial charge on any atom is 0.161 e. The Kier molecular flexibility index (Phi) is 2.92. The van der Waals surface area contributed by atoms with Gasteiger partial charge in [0, 0.05) is 6.04 Å². The van der Waals surface area contributed by atoms with Crippen molar-refractivity contribution < 1.29 is 4.39 Å². The normalized spacial score (nSPS) is 11.1. The van der Waals surface area contributed by atoms with Crippen LogP contribution in [0.2, 0.25) is 5.02 Å². The first kappa shape index (κ1) is 11.1. The minimum absolute atomic E-state index is 0.0933. The lowest BCUT2D eigenvalue weighted by Gasteiger charge is -2.10. The molecule has 0 saturated heterocycles. The fourth-order valence-electron chi connectivity index (χ4n) is 1.50. The van der Waals surface area contributed by atoms with Gasteiger partial charge in [0.25, 0.3) is 0 Å². The number of halogens is 2. The summed E-state index contributed by atoms with van der Waals surface area (Å²) in [5.74, 6) is 0.0362. The summed E-state index contributed by atoms with van der Waals surface area (Å²) in [6, 6.07) is 4.97. The van der Waals surface area contributed by atoms with Gasteiger partial charge in [0.15, 0.2) is 11.6 Å². The van der Waals surface area contributed by atoms with Gasteiger partial charge >= 0.3 is 0 Å². The third-order valence-corrected chi connectivity index (χ3v) is 2.55. The van der Waals surface area contributed by atoms with Crippen molar-refractivity contribution in [1.29, 1.82) is 0 Å². The van der Waals surface area contributed by atoms with Gasteiger partial charge < -0.3 is 0 Å². The standard InChI is InChI=1S/C11H11ClFN3/c1-7(2)16-11(14-6-15-16)8-4-3-5-9(12)10(8)13/h3-7H,1-2H3. The quantitative estimate of drug-likeness (QED) is 0.805. The highest BCUT2D eigenvalue weighted by atomic mass is 35.5. The number of nitrogens with zero attached hydrogens (tertiary/aromatic N) is 3. The molecule has 2 rings (SSSR count). The van der Waals surface area contributed by atoms with Gasteiger partial charge in [0.05, 0.1) is 10.6 Å². The van der Waals surface area contributed by atoms with E-state index in [1.54, 1.807) is 16.8 Å². The van der Waals surface area contributed by atoms with Gasteiger partial charge in [-0.25, -0.2) is 14.1 Å². The van der Waals surface area contributed by atoms with Crippen molar-refractivity contribution in [2.75, 3.05) is 0 Å². The largest absolute Gasteiger partial charge is 0.243 e. The van der Waals surface area contributed by atoms with Crippen LogP contribution in [-0.4, -0.2) is 14.8 Å². The van der Waals surface area contributed by atoms with Crippen LogP contribution in [0.15, 0.2) is 24.5 Å². The Morgan fingerprint density at radius 3 is 2.81 bits per heavy atom. The van der Waals surface area contributed by atoms with Crippen molar-refractivity contribution in [3.8, 4) is 11.4 Å². The van der Waals surface area contributed by atoms with E-state index >= 15 is 0 Å². The number of rotatable bonds is 2. The minimum atomic E-state index is -0.459. The highest BCUT2D eigenvalue weighted by molar-refractivity contribution is 6.31. The van der Waals surface area contributed by atoms with Gasteiger partial charge in [0.1, 0.15) is 6.33 Å². The Morgan fingerprint density at radius 1 is 1.38 bits per heavy atom. The maximum absolute atomic E-state index is 13.8. The molecule has 0 spiro atoms. The van der Waals surface area contributed by atoms with Crippen LogP contribution in [-0.2, 0) is 0 Å². The Labute approximate surface area is 97.9 Å². The third-order valence-electron chi connectivity index (χ3n) is 2.25. The van der Waals surface area contributed by atoms with E-state index in [1.165, 1.54) is 12.4 Å². The maximum atomic E-state index is 13.8. The molecule has 1 heterocycles. The predicted octanol–water partition coefficient (Wildman–Crippen LogP) is 3.32. The second-order valence-electron chi connectivity index (χ2n) is 3.72. The van der Waals surface area contributed by atoms with E-state index in [4.69, 9.17) is 11.6 Å². The molecule has 0 radical (unpaired) electrons. The van der Waals surface area contributed by atoms with Crippen molar-refractivity contribution >= 4 is 11.6 Å². The molecule has 84 valence electrons. The zero-order chi connectivity index (χ0) is 11.7. The first-order valence-corrected chi connectivity index (χ1v) is 5.33. The summed E-state index contributed by atoms with van der Waals surface area (Å²) in [5, 5.41) is 4.15. The molecule has 16 heavy (non-hydrogen) atoms. The molecule has 1 aromatic carbocycles. The summed E-state index contributed by atoms with van der Waals surface area (Å²) < 4.78 is 15.5. The predicted molar refractivity (Wildman–Crippen MR) is 60.8 cm³/mol. The van der Waals surface area contributed by atoms with Gasteiger partial charge in [-0.05, 0) is 26.0 Å². The molecule has 0 atom stereocenters. The molecule has 3 nitrogen and oxygen atoms in total. The van der Waals surface area contributed by atoms with Crippen molar-refractivity contribution in [3.05, 3.63) is 35.4 Å². The Balaban J connectivity index is 2.59. The summed E-state index contributed by atoms with van der Waals surface area (Å²) in [7, 11) is 0. The van der Waals surface area contributed by atoms with Gasteiger partial charge in [0.2, 0.25) is 0 Å². The van der Waals surface area contributed by atoms with E-state index in [2.05, 4.69) is 10.1 Å². The molecule has 0 aliphatic heterocycles. The monoisotopic (exact) mass is 239 g/mol. The SMILES string of the molecule is CC(C)n1ncnc1-c1cccc(Cl)c1F. The number of hydrogen-bond donors (Lipinski definition) is 0. The van der Waals surface area contributed by atoms with E-state index < -0.39 is 5.82 Å². The second kappa shape index (κ2) is 4.22. The molecule has 0 fully saturated rings. The van der Waals surface area contributed by atoms with Gasteiger partial charge in [-0.1, -0.05) is 17.7 Å². The minimum Gasteiger partial charge on any atom is -0.243 e. The zero-order valence-corrected chi connectivity index (χ0v) is 9.74. The van der Waals surface area contributed by atoms with Crippen LogP contribution in [0.3, 0.4) is 0 Å². The van der Waals surface area contributed by atoms with E-state index in [9.17, 15) is 4.39 Å². The van der Waals surface area contributed by atoms with Crippen LogP contribution in [0.1, 0.15) is 19.9 Å². The zero-order valence-electron chi connectivity index (χ0n) is 8.98. The summed E-state index contributed by atoms with van der Waals surface area (Å²) >= 11 is 5.73. The molecule has 0 aliphatic carbocycles. The van der Waals surface area contributed by atoms with E-state index in [1.807, 2.05) is 13.8 Å². The number of benzene rings is 1. The highest BCUT2D eigenvalue weighted by Gasteiger charge is 2.15. The lowest BCUT2D eigenvalue weighted by molar-refractivity contribution is 0.534. The molecule has 1 aromatic heterocycles. The van der Waals surface area contributed by atoms with Crippen molar-refractivity contribution in [2.24, 2.45) is 0 Å². The molecule has 0 aliphatic rings. The van der Waals surface area contributed by atoms with Crippen LogP contribution in [0, 0.1) is 5.82 Å². The van der Waals surface area contributed by atoms with Crippen molar-refractivity contribution in [1.82, 2.24) is 14.8 Å². The number of aromatic nitrogens is 3. The second-order valence-corrected chi connectivity index (χ2v) is 4.13. The first-order chi connectivity index (χ1) is 7.61. The van der Waals surface area contributed by atoms with Crippen LogP contribution in [0.25, 0.3) is 11.4 Å². The molecule has 0 saturated carbocycles. The summed E-state index contributed by atoms with van der Waals surface area (Å²) in [6.07, 6.45) is 1.41. The lowest BCUT2D eigenvalue weighted by atomic mass is 10.2.